The Morgan fingerprint density at radius 3 is 1.86 bits per heavy atom. The molecule has 7 heavy (non-hydrogen) atoms. The van der Waals surface area contributed by atoms with E-state index in [0.29, 0.717) is 11.8 Å². The molecule has 1 nitrogen and oxygen atoms in total. The van der Waals surface area contributed by atoms with Gasteiger partial charge in [-0.15, -0.1) is 23.2 Å². The van der Waals surface area contributed by atoms with Crippen LogP contribution < -0.4 is 5.32 Å². The van der Waals surface area contributed by atoms with Crippen molar-refractivity contribution >= 4 is 23.2 Å². The highest BCUT2D eigenvalue weighted by atomic mass is 35.5. The van der Waals surface area contributed by atoms with Gasteiger partial charge in [0, 0.05) is 18.3 Å². The predicted molar refractivity (Wildman–Crippen MR) is 32.2 cm³/mol. The van der Waals surface area contributed by atoms with E-state index in [1.165, 1.54) is 0 Å². The van der Waals surface area contributed by atoms with E-state index >= 15 is 0 Å². The van der Waals surface area contributed by atoms with Gasteiger partial charge >= 0.3 is 0 Å². The molecule has 0 radical (unpaired) electrons. The first-order valence-electron chi connectivity index (χ1n) is 2.20. The lowest BCUT2D eigenvalue weighted by molar-refractivity contribution is 0.803. The quantitative estimate of drug-likeness (QED) is 0.444. The van der Waals surface area contributed by atoms with E-state index in [2.05, 4.69) is 5.32 Å². The summed E-state index contributed by atoms with van der Waals surface area (Å²) in [5, 5.41) is 3.08. The molecule has 0 aromatic carbocycles. The highest BCUT2D eigenvalue weighted by Crippen LogP contribution is 2.19. The van der Waals surface area contributed by atoms with Gasteiger partial charge in [-0.1, -0.05) is 0 Å². The molecule has 1 saturated heterocycles. The van der Waals surface area contributed by atoms with Crippen LogP contribution in [0.4, 0.5) is 0 Å². The van der Waals surface area contributed by atoms with E-state index < -0.39 is 0 Å². The van der Waals surface area contributed by atoms with Crippen LogP contribution in [0.1, 0.15) is 0 Å². The monoisotopic (exact) mass is 139 g/mol. The van der Waals surface area contributed by atoms with Crippen molar-refractivity contribution in [2.24, 2.45) is 0 Å². The smallest absolute Gasteiger partial charge is 0.0580 e. The third kappa shape index (κ3) is 1.01. The van der Waals surface area contributed by atoms with Gasteiger partial charge in [-0.25, -0.2) is 0 Å². The van der Waals surface area contributed by atoms with Crippen molar-refractivity contribution in [1.82, 2.24) is 5.32 Å². The summed E-state index contributed by atoms with van der Waals surface area (Å²) < 4.78 is 0. The van der Waals surface area contributed by atoms with Crippen LogP contribution >= 0.6 is 23.2 Å². The van der Waals surface area contributed by atoms with Crippen LogP contribution in [0, 0.1) is 0 Å². The first-order valence-corrected chi connectivity index (χ1v) is 3.27. The minimum atomic E-state index is 0.114. The molecular formula is C4H7Cl2N. The molecule has 0 saturated carbocycles. The number of alkyl halides is 2. The summed E-state index contributed by atoms with van der Waals surface area (Å²) in [6.45, 7) is 0.986. The first-order chi connectivity index (χ1) is 3.33. The standard InChI is InChI=1S/C4H7Cl2N/c5-1-4(2-6)3-7-4/h7H,1-3H2. The molecule has 1 fully saturated rings. The minimum Gasteiger partial charge on any atom is -0.306 e. The number of rotatable bonds is 2. The molecule has 3 heteroatoms. The second-order valence-electron chi connectivity index (χ2n) is 1.90. The molecule has 0 aromatic rings. The van der Waals surface area contributed by atoms with Crippen molar-refractivity contribution in [3.8, 4) is 0 Å². The van der Waals surface area contributed by atoms with Crippen LogP contribution in [0.3, 0.4) is 0 Å². The van der Waals surface area contributed by atoms with Gasteiger partial charge in [0.25, 0.3) is 0 Å². The number of nitrogens with one attached hydrogen (secondary N) is 1. The van der Waals surface area contributed by atoms with E-state index in [1.807, 2.05) is 0 Å². The summed E-state index contributed by atoms with van der Waals surface area (Å²) in [5.41, 5.74) is 0.114. The van der Waals surface area contributed by atoms with Gasteiger partial charge in [0.05, 0.1) is 5.54 Å². The molecule has 1 heterocycles. The number of hydrogen-bond acceptors (Lipinski definition) is 1. The van der Waals surface area contributed by atoms with Gasteiger partial charge in [-0.3, -0.25) is 0 Å². The highest BCUT2D eigenvalue weighted by Gasteiger charge is 2.39. The van der Waals surface area contributed by atoms with Crippen molar-refractivity contribution < 1.29 is 0 Å². The molecular weight excluding hydrogens is 133 g/mol. The fourth-order valence-corrected chi connectivity index (χ4v) is 1.01. The van der Waals surface area contributed by atoms with Crippen molar-refractivity contribution in [2.45, 2.75) is 5.54 Å². The van der Waals surface area contributed by atoms with Crippen molar-refractivity contribution in [3.63, 3.8) is 0 Å². The zero-order valence-electron chi connectivity index (χ0n) is 3.88. The Hall–Kier alpha value is 0.540. The van der Waals surface area contributed by atoms with Crippen molar-refractivity contribution in [2.75, 3.05) is 18.3 Å². The lowest BCUT2D eigenvalue weighted by Gasteiger charge is -1.99. The third-order valence-corrected chi connectivity index (χ3v) is 2.21. The largest absolute Gasteiger partial charge is 0.306 e. The summed E-state index contributed by atoms with van der Waals surface area (Å²) in [5.74, 6) is 1.27. The maximum atomic E-state index is 5.51. The Bertz CT molecular complexity index is 64.1. The van der Waals surface area contributed by atoms with E-state index in [4.69, 9.17) is 23.2 Å². The molecule has 0 unspecified atom stereocenters. The van der Waals surface area contributed by atoms with Gasteiger partial charge in [0.1, 0.15) is 0 Å². The Morgan fingerprint density at radius 1 is 1.43 bits per heavy atom. The zero-order valence-corrected chi connectivity index (χ0v) is 5.39. The molecule has 0 bridgehead atoms. The van der Waals surface area contributed by atoms with E-state index in [9.17, 15) is 0 Å². The highest BCUT2D eigenvalue weighted by molar-refractivity contribution is 6.22. The first kappa shape index (κ1) is 5.67. The molecule has 0 aliphatic carbocycles. The fourth-order valence-electron chi connectivity index (χ4n) is 0.350. The molecule has 0 amide bonds. The Labute approximate surface area is 53.0 Å². The summed E-state index contributed by atoms with van der Waals surface area (Å²) in [6, 6.07) is 0. The maximum absolute atomic E-state index is 5.51. The summed E-state index contributed by atoms with van der Waals surface area (Å²) in [4.78, 5) is 0. The van der Waals surface area contributed by atoms with Crippen LogP contribution in [0.5, 0.6) is 0 Å². The summed E-state index contributed by atoms with van der Waals surface area (Å²) in [7, 11) is 0. The Kier molecular flexibility index (Phi) is 1.46. The van der Waals surface area contributed by atoms with Crippen LogP contribution in [-0.4, -0.2) is 23.8 Å². The van der Waals surface area contributed by atoms with Gasteiger partial charge in [0.15, 0.2) is 0 Å². The van der Waals surface area contributed by atoms with Crippen LogP contribution in [-0.2, 0) is 0 Å². The lowest BCUT2D eigenvalue weighted by Crippen LogP contribution is -2.18. The normalized spacial score (nSPS) is 24.9. The van der Waals surface area contributed by atoms with Crippen LogP contribution in [0.15, 0.2) is 0 Å². The van der Waals surface area contributed by atoms with Crippen molar-refractivity contribution in [1.29, 1.82) is 0 Å². The van der Waals surface area contributed by atoms with Gasteiger partial charge in [-0.05, 0) is 0 Å². The molecule has 0 spiro atoms. The van der Waals surface area contributed by atoms with Crippen LogP contribution in [0.2, 0.25) is 0 Å². The Morgan fingerprint density at radius 2 is 1.86 bits per heavy atom. The molecule has 1 rings (SSSR count). The molecule has 1 aliphatic rings. The zero-order chi connectivity index (χ0) is 5.33. The molecule has 1 aliphatic heterocycles. The SMILES string of the molecule is ClCC1(CCl)CN1. The average Bonchev–Trinajstić information content (AvgIpc) is 2.46. The molecule has 1 N–H and O–H groups in total. The minimum absolute atomic E-state index is 0.114. The summed E-state index contributed by atoms with van der Waals surface area (Å²) >= 11 is 11.0. The maximum Gasteiger partial charge on any atom is 0.0580 e. The van der Waals surface area contributed by atoms with E-state index in [1.54, 1.807) is 0 Å². The molecule has 0 aromatic heterocycles. The van der Waals surface area contributed by atoms with Crippen LogP contribution in [0.25, 0.3) is 0 Å². The topological polar surface area (TPSA) is 21.9 Å². The van der Waals surface area contributed by atoms with Gasteiger partial charge in [0.2, 0.25) is 0 Å². The second-order valence-corrected chi connectivity index (χ2v) is 2.44. The lowest BCUT2D eigenvalue weighted by atomic mass is 10.2. The Balaban J connectivity index is 2.28. The van der Waals surface area contributed by atoms with Gasteiger partial charge in [-0.2, -0.15) is 0 Å². The predicted octanol–water partition coefficient (Wildman–Crippen LogP) is 0.806. The third-order valence-electron chi connectivity index (χ3n) is 1.19. The van der Waals surface area contributed by atoms with Crippen molar-refractivity contribution in [3.05, 3.63) is 0 Å². The van der Waals surface area contributed by atoms with Gasteiger partial charge < -0.3 is 5.32 Å². The number of hydrogen-bond donors (Lipinski definition) is 1. The number of halogens is 2. The van der Waals surface area contributed by atoms with E-state index in [-0.39, 0.29) is 5.54 Å². The molecule has 42 valence electrons. The van der Waals surface area contributed by atoms with E-state index in [0.717, 1.165) is 6.54 Å². The summed E-state index contributed by atoms with van der Waals surface area (Å²) in [6.07, 6.45) is 0. The fraction of sp³-hybridized carbons (Fsp3) is 1.00. The average molecular weight is 140 g/mol. The molecule has 0 atom stereocenters. The second kappa shape index (κ2) is 1.81.